The number of nitrogens with zero attached hydrogens (tertiary/aromatic N) is 1. The van der Waals surface area contributed by atoms with Crippen molar-refractivity contribution in [2.45, 2.75) is 13.8 Å². The minimum absolute atomic E-state index is 0.217. The van der Waals surface area contributed by atoms with Gasteiger partial charge >= 0.3 is 0 Å². The predicted octanol–water partition coefficient (Wildman–Crippen LogP) is 5.71. The molecule has 0 aliphatic rings. The molecule has 144 valence electrons. The summed E-state index contributed by atoms with van der Waals surface area (Å²) in [6, 6.07) is 21.7. The standard InChI is InChI=1S/C23H19N3OS2/c1-14-7-12-18(15(2)13-14)21(27)26-23(28)24-17-10-8-16(9-11-17)22-25-19-5-3-4-6-20(19)29-22/h3-13H,1-2H3,(H2,24,26,27,28). The number of para-hydroxylation sites is 1. The largest absolute Gasteiger partial charge is 0.332 e. The van der Waals surface area contributed by atoms with Crippen LogP contribution in [0.15, 0.2) is 66.7 Å². The molecule has 1 heterocycles. The fourth-order valence-electron chi connectivity index (χ4n) is 3.09. The highest BCUT2D eigenvalue weighted by molar-refractivity contribution is 7.80. The zero-order valence-corrected chi connectivity index (χ0v) is 17.7. The van der Waals surface area contributed by atoms with Gasteiger partial charge in [0.2, 0.25) is 0 Å². The second kappa shape index (κ2) is 8.11. The number of thiazole rings is 1. The highest BCUT2D eigenvalue weighted by atomic mass is 32.1. The van der Waals surface area contributed by atoms with Gasteiger partial charge in [-0.05, 0) is 74.1 Å². The zero-order valence-electron chi connectivity index (χ0n) is 16.0. The Labute approximate surface area is 178 Å². The molecule has 0 aliphatic heterocycles. The first-order valence-corrected chi connectivity index (χ1v) is 10.4. The topological polar surface area (TPSA) is 54.0 Å². The van der Waals surface area contributed by atoms with Crippen molar-refractivity contribution in [3.8, 4) is 10.6 Å². The Balaban J connectivity index is 1.43. The molecule has 0 spiro atoms. The summed E-state index contributed by atoms with van der Waals surface area (Å²) in [4.78, 5) is 17.1. The van der Waals surface area contributed by atoms with E-state index in [-0.39, 0.29) is 11.0 Å². The molecular formula is C23H19N3OS2. The summed E-state index contributed by atoms with van der Waals surface area (Å²) >= 11 is 6.96. The molecule has 0 unspecified atom stereocenters. The Morgan fingerprint density at radius 1 is 1.00 bits per heavy atom. The van der Waals surface area contributed by atoms with Gasteiger partial charge < -0.3 is 5.32 Å². The summed E-state index contributed by atoms with van der Waals surface area (Å²) in [6.07, 6.45) is 0. The summed E-state index contributed by atoms with van der Waals surface area (Å²) < 4.78 is 1.17. The molecule has 0 bridgehead atoms. The summed E-state index contributed by atoms with van der Waals surface area (Å²) in [5.74, 6) is -0.217. The molecule has 0 fully saturated rings. The van der Waals surface area contributed by atoms with Crippen molar-refractivity contribution in [2.75, 3.05) is 5.32 Å². The molecule has 1 aromatic heterocycles. The highest BCUT2D eigenvalue weighted by Gasteiger charge is 2.11. The number of anilines is 1. The first kappa shape index (κ1) is 19.2. The molecule has 0 saturated heterocycles. The first-order valence-electron chi connectivity index (χ1n) is 9.15. The normalized spacial score (nSPS) is 10.7. The Morgan fingerprint density at radius 2 is 1.76 bits per heavy atom. The second-order valence-electron chi connectivity index (χ2n) is 6.79. The number of aromatic nitrogens is 1. The fraction of sp³-hybridized carbons (Fsp3) is 0.0870. The van der Waals surface area contributed by atoms with Crippen molar-refractivity contribution >= 4 is 50.5 Å². The molecule has 1 amide bonds. The lowest BCUT2D eigenvalue weighted by Crippen LogP contribution is -2.34. The van der Waals surface area contributed by atoms with Crippen molar-refractivity contribution in [1.29, 1.82) is 0 Å². The third kappa shape index (κ3) is 4.34. The van der Waals surface area contributed by atoms with Crippen molar-refractivity contribution in [2.24, 2.45) is 0 Å². The molecule has 6 heteroatoms. The van der Waals surface area contributed by atoms with E-state index >= 15 is 0 Å². The lowest BCUT2D eigenvalue weighted by Gasteiger charge is -2.11. The van der Waals surface area contributed by atoms with Crippen LogP contribution in [0, 0.1) is 13.8 Å². The summed E-state index contributed by atoms with van der Waals surface area (Å²) in [5, 5.41) is 7.04. The van der Waals surface area contributed by atoms with Crippen molar-refractivity contribution < 1.29 is 4.79 Å². The van der Waals surface area contributed by atoms with Crippen LogP contribution in [-0.2, 0) is 0 Å². The van der Waals surface area contributed by atoms with E-state index in [9.17, 15) is 4.79 Å². The molecule has 0 radical (unpaired) electrons. The fourth-order valence-corrected chi connectivity index (χ4v) is 4.27. The van der Waals surface area contributed by atoms with E-state index in [2.05, 4.69) is 21.7 Å². The maximum absolute atomic E-state index is 12.5. The SMILES string of the molecule is Cc1ccc(C(=O)NC(=S)Nc2ccc(-c3nc4ccccc4s3)cc2)c(C)c1. The summed E-state index contributed by atoms with van der Waals surface area (Å²) in [7, 11) is 0. The number of hydrogen-bond acceptors (Lipinski definition) is 4. The van der Waals surface area contributed by atoms with Gasteiger partial charge in [0, 0.05) is 16.8 Å². The Morgan fingerprint density at radius 3 is 2.48 bits per heavy atom. The molecule has 4 aromatic rings. The van der Waals surface area contributed by atoms with Crippen LogP contribution in [-0.4, -0.2) is 16.0 Å². The van der Waals surface area contributed by atoms with Gasteiger partial charge in [-0.25, -0.2) is 4.98 Å². The smallest absolute Gasteiger partial charge is 0.257 e. The molecule has 0 atom stereocenters. The van der Waals surface area contributed by atoms with Gasteiger partial charge in [-0.3, -0.25) is 10.1 Å². The van der Waals surface area contributed by atoms with Crippen molar-refractivity contribution in [1.82, 2.24) is 10.3 Å². The van der Waals surface area contributed by atoms with E-state index < -0.39 is 0 Å². The van der Waals surface area contributed by atoms with Gasteiger partial charge in [-0.1, -0.05) is 29.8 Å². The molecular weight excluding hydrogens is 398 g/mol. The minimum atomic E-state index is -0.217. The monoisotopic (exact) mass is 417 g/mol. The number of carbonyl (C=O) groups excluding carboxylic acids is 1. The lowest BCUT2D eigenvalue weighted by atomic mass is 10.1. The number of carbonyl (C=O) groups is 1. The Bertz CT molecular complexity index is 1180. The minimum Gasteiger partial charge on any atom is -0.332 e. The average Bonchev–Trinajstić information content (AvgIpc) is 3.12. The molecule has 4 rings (SSSR count). The quantitative estimate of drug-likeness (QED) is 0.420. The van der Waals surface area contributed by atoms with E-state index in [1.807, 2.05) is 74.5 Å². The Hall–Kier alpha value is -3.09. The van der Waals surface area contributed by atoms with Crippen molar-refractivity contribution in [3.63, 3.8) is 0 Å². The maximum atomic E-state index is 12.5. The highest BCUT2D eigenvalue weighted by Crippen LogP contribution is 2.30. The van der Waals surface area contributed by atoms with Crippen LogP contribution >= 0.6 is 23.6 Å². The third-order valence-corrected chi connectivity index (χ3v) is 5.83. The van der Waals surface area contributed by atoms with Crippen LogP contribution in [0.25, 0.3) is 20.8 Å². The summed E-state index contributed by atoms with van der Waals surface area (Å²) in [5.41, 5.74) is 5.51. The van der Waals surface area contributed by atoms with Gasteiger partial charge in [-0.2, -0.15) is 0 Å². The number of rotatable bonds is 3. The van der Waals surface area contributed by atoms with Crippen molar-refractivity contribution in [3.05, 3.63) is 83.4 Å². The van der Waals surface area contributed by atoms with E-state index in [1.54, 1.807) is 11.3 Å². The number of fused-ring (bicyclic) bond motifs is 1. The van der Waals surface area contributed by atoms with Crippen LogP contribution in [0.3, 0.4) is 0 Å². The van der Waals surface area contributed by atoms with Gasteiger partial charge in [0.05, 0.1) is 10.2 Å². The van der Waals surface area contributed by atoms with Gasteiger partial charge in [0.15, 0.2) is 5.11 Å². The maximum Gasteiger partial charge on any atom is 0.257 e. The molecule has 0 saturated carbocycles. The molecule has 3 aromatic carbocycles. The molecule has 4 nitrogen and oxygen atoms in total. The number of hydrogen-bond donors (Lipinski definition) is 2. The van der Waals surface area contributed by atoms with Crippen LogP contribution in [0.1, 0.15) is 21.5 Å². The predicted molar refractivity (Wildman–Crippen MR) is 125 cm³/mol. The van der Waals surface area contributed by atoms with E-state index in [4.69, 9.17) is 12.2 Å². The first-order chi connectivity index (χ1) is 14.0. The Kier molecular flexibility index (Phi) is 5.38. The van der Waals surface area contributed by atoms with E-state index in [1.165, 1.54) is 4.70 Å². The van der Waals surface area contributed by atoms with Crippen LogP contribution < -0.4 is 10.6 Å². The number of amides is 1. The van der Waals surface area contributed by atoms with Gasteiger partial charge in [-0.15, -0.1) is 11.3 Å². The number of benzene rings is 3. The van der Waals surface area contributed by atoms with Crippen LogP contribution in [0.2, 0.25) is 0 Å². The van der Waals surface area contributed by atoms with E-state index in [0.717, 1.165) is 32.9 Å². The number of nitrogens with one attached hydrogen (secondary N) is 2. The second-order valence-corrected chi connectivity index (χ2v) is 8.23. The van der Waals surface area contributed by atoms with Gasteiger partial charge in [0.25, 0.3) is 5.91 Å². The average molecular weight is 418 g/mol. The number of thiocarbonyl (C=S) groups is 1. The lowest BCUT2D eigenvalue weighted by molar-refractivity contribution is 0.0977. The zero-order chi connectivity index (χ0) is 20.4. The summed E-state index contributed by atoms with van der Waals surface area (Å²) in [6.45, 7) is 3.91. The van der Waals surface area contributed by atoms with Crippen LogP contribution in [0.4, 0.5) is 5.69 Å². The van der Waals surface area contributed by atoms with Crippen LogP contribution in [0.5, 0.6) is 0 Å². The third-order valence-electron chi connectivity index (χ3n) is 4.54. The number of aryl methyl sites for hydroxylation is 2. The van der Waals surface area contributed by atoms with E-state index in [0.29, 0.717) is 5.56 Å². The molecule has 2 N–H and O–H groups in total. The molecule has 29 heavy (non-hydrogen) atoms. The molecule has 0 aliphatic carbocycles. The van der Waals surface area contributed by atoms with Gasteiger partial charge in [0.1, 0.15) is 5.01 Å².